The first kappa shape index (κ1) is 13.4. The lowest BCUT2D eigenvalue weighted by molar-refractivity contribution is 0.0535. The molecule has 20 heavy (non-hydrogen) atoms. The monoisotopic (exact) mass is 339 g/mol. The fourth-order valence-electron chi connectivity index (χ4n) is 2.03. The molecule has 1 aliphatic heterocycles. The number of nitrogens with zero attached hydrogens (tertiary/aromatic N) is 3. The molecule has 1 fully saturated rings. The number of amides is 1. The van der Waals surface area contributed by atoms with Gasteiger partial charge in [-0.15, -0.1) is 0 Å². The molecule has 3 heterocycles. The molecule has 1 aliphatic rings. The van der Waals surface area contributed by atoms with Crippen molar-refractivity contribution in [3.05, 3.63) is 34.3 Å². The summed E-state index contributed by atoms with van der Waals surface area (Å²) >= 11 is 3.18. The quantitative estimate of drug-likeness (QED) is 0.859. The molecule has 106 valence electrons. The van der Waals surface area contributed by atoms with E-state index < -0.39 is 0 Å². The summed E-state index contributed by atoms with van der Waals surface area (Å²) in [4.78, 5) is 18.1. The van der Waals surface area contributed by atoms with Gasteiger partial charge in [-0.1, -0.05) is 19.0 Å². The zero-order valence-corrected chi connectivity index (χ0v) is 12.8. The first-order valence-electron chi connectivity index (χ1n) is 6.42. The Morgan fingerprint density at radius 3 is 2.75 bits per heavy atom. The van der Waals surface area contributed by atoms with Gasteiger partial charge < -0.3 is 13.8 Å². The number of aromatic nitrogens is 2. The van der Waals surface area contributed by atoms with Crippen LogP contribution in [0.15, 0.2) is 25.7 Å². The molecule has 0 saturated carbocycles. The van der Waals surface area contributed by atoms with Crippen LogP contribution in [-0.2, 0) is 0 Å². The zero-order valence-electron chi connectivity index (χ0n) is 11.2. The summed E-state index contributed by atoms with van der Waals surface area (Å²) in [5.41, 5.74) is 0. The van der Waals surface area contributed by atoms with Crippen molar-refractivity contribution in [3.63, 3.8) is 0 Å². The summed E-state index contributed by atoms with van der Waals surface area (Å²) in [6, 6.07) is 3.36. The van der Waals surface area contributed by atoms with Gasteiger partial charge in [0, 0.05) is 19.0 Å². The van der Waals surface area contributed by atoms with Crippen molar-refractivity contribution < 1.29 is 13.7 Å². The second kappa shape index (κ2) is 5.05. The molecule has 3 rings (SSSR count). The highest BCUT2D eigenvalue weighted by atomic mass is 79.9. The van der Waals surface area contributed by atoms with Gasteiger partial charge in [-0.3, -0.25) is 4.79 Å². The first-order valence-corrected chi connectivity index (χ1v) is 7.22. The molecule has 1 saturated heterocycles. The van der Waals surface area contributed by atoms with Crippen LogP contribution in [0, 0.1) is 0 Å². The van der Waals surface area contributed by atoms with Crippen LogP contribution < -0.4 is 0 Å². The van der Waals surface area contributed by atoms with Crippen LogP contribution in [0.2, 0.25) is 0 Å². The van der Waals surface area contributed by atoms with E-state index in [1.807, 2.05) is 13.8 Å². The maximum Gasteiger partial charge on any atom is 0.289 e. The van der Waals surface area contributed by atoms with Crippen LogP contribution in [0.3, 0.4) is 0 Å². The van der Waals surface area contributed by atoms with Gasteiger partial charge in [0.05, 0.1) is 5.92 Å². The van der Waals surface area contributed by atoms with Crippen molar-refractivity contribution in [2.45, 2.75) is 25.7 Å². The number of rotatable bonds is 3. The summed E-state index contributed by atoms with van der Waals surface area (Å²) in [7, 11) is 0. The van der Waals surface area contributed by atoms with Gasteiger partial charge in [-0.25, -0.2) is 0 Å². The average Bonchev–Trinajstić information content (AvgIpc) is 2.96. The number of hydrogen-bond donors (Lipinski definition) is 0. The smallest absolute Gasteiger partial charge is 0.289 e. The minimum absolute atomic E-state index is 0.115. The molecule has 7 heteroatoms. The number of likely N-dealkylation sites (tertiary alicyclic amines) is 1. The third-order valence-corrected chi connectivity index (χ3v) is 3.70. The Kier molecular flexibility index (Phi) is 3.37. The number of carbonyl (C=O) groups is 1. The lowest BCUT2D eigenvalue weighted by Gasteiger charge is -2.36. The number of carbonyl (C=O) groups excluding carboxylic acids is 1. The SMILES string of the molecule is CC(C)c1noc(C2CN(C(=O)c3ccc(Br)o3)C2)n1. The fraction of sp³-hybridized carbons (Fsp3) is 0.462. The average molecular weight is 340 g/mol. The molecule has 0 radical (unpaired) electrons. The van der Waals surface area contributed by atoms with E-state index >= 15 is 0 Å². The van der Waals surface area contributed by atoms with Crippen LogP contribution in [0.1, 0.15) is 48.0 Å². The summed E-state index contributed by atoms with van der Waals surface area (Å²) in [6.45, 7) is 5.19. The molecule has 6 nitrogen and oxygen atoms in total. The Labute approximate surface area is 124 Å². The molecule has 0 bridgehead atoms. The van der Waals surface area contributed by atoms with Crippen molar-refractivity contribution in [3.8, 4) is 0 Å². The van der Waals surface area contributed by atoms with E-state index in [-0.39, 0.29) is 17.7 Å². The Hall–Kier alpha value is -1.63. The molecule has 0 aromatic carbocycles. The fourth-order valence-corrected chi connectivity index (χ4v) is 2.34. The standard InChI is InChI=1S/C13H14BrN3O3/c1-7(2)11-15-12(20-16-11)8-5-17(6-8)13(18)9-3-4-10(14)19-9/h3-4,7-8H,5-6H2,1-2H3. The second-order valence-electron chi connectivity index (χ2n) is 5.16. The van der Waals surface area contributed by atoms with Crippen molar-refractivity contribution in [1.29, 1.82) is 0 Å². The molecular formula is C13H14BrN3O3. The minimum Gasteiger partial charge on any atom is -0.444 e. The predicted octanol–water partition coefficient (Wildman–Crippen LogP) is 2.79. The van der Waals surface area contributed by atoms with Crippen LogP contribution in [-0.4, -0.2) is 34.0 Å². The first-order chi connectivity index (χ1) is 9.54. The van der Waals surface area contributed by atoms with Crippen LogP contribution in [0.25, 0.3) is 0 Å². The second-order valence-corrected chi connectivity index (χ2v) is 5.94. The van der Waals surface area contributed by atoms with E-state index in [1.165, 1.54) is 0 Å². The number of hydrogen-bond acceptors (Lipinski definition) is 5. The topological polar surface area (TPSA) is 72.4 Å². The Balaban J connectivity index is 1.62. The van der Waals surface area contributed by atoms with Crippen LogP contribution in [0.5, 0.6) is 0 Å². The molecule has 0 N–H and O–H groups in total. The molecule has 2 aromatic rings. The summed E-state index contributed by atoms with van der Waals surface area (Å²) in [5.74, 6) is 1.90. The van der Waals surface area contributed by atoms with E-state index in [0.717, 1.165) is 0 Å². The van der Waals surface area contributed by atoms with Gasteiger partial charge in [-0.2, -0.15) is 4.98 Å². The maximum atomic E-state index is 12.1. The molecule has 0 atom stereocenters. The third kappa shape index (κ3) is 2.37. The summed E-state index contributed by atoms with van der Waals surface area (Å²) in [5, 5.41) is 3.94. The largest absolute Gasteiger partial charge is 0.444 e. The van der Waals surface area contributed by atoms with Gasteiger partial charge >= 0.3 is 0 Å². The van der Waals surface area contributed by atoms with E-state index in [2.05, 4.69) is 26.1 Å². The van der Waals surface area contributed by atoms with Crippen molar-refractivity contribution in [1.82, 2.24) is 15.0 Å². The third-order valence-electron chi connectivity index (χ3n) is 3.28. The molecular weight excluding hydrogens is 326 g/mol. The van der Waals surface area contributed by atoms with Crippen LogP contribution >= 0.6 is 15.9 Å². The highest BCUT2D eigenvalue weighted by molar-refractivity contribution is 9.10. The van der Waals surface area contributed by atoms with Gasteiger partial charge in [0.2, 0.25) is 5.89 Å². The normalized spacial score (nSPS) is 15.7. The zero-order chi connectivity index (χ0) is 14.3. The molecule has 2 aromatic heterocycles. The highest BCUT2D eigenvalue weighted by Crippen LogP contribution is 2.28. The number of halogens is 1. The van der Waals surface area contributed by atoms with Gasteiger partial charge in [-0.05, 0) is 28.1 Å². The molecule has 0 spiro atoms. The summed E-state index contributed by atoms with van der Waals surface area (Å²) < 4.78 is 11.0. The Morgan fingerprint density at radius 1 is 1.45 bits per heavy atom. The van der Waals surface area contributed by atoms with Gasteiger partial charge in [0.15, 0.2) is 16.3 Å². The molecule has 1 amide bonds. The maximum absolute atomic E-state index is 12.1. The van der Waals surface area contributed by atoms with Crippen molar-refractivity contribution >= 4 is 21.8 Å². The van der Waals surface area contributed by atoms with E-state index in [1.54, 1.807) is 17.0 Å². The summed E-state index contributed by atoms with van der Waals surface area (Å²) in [6.07, 6.45) is 0. The Bertz CT molecular complexity index is 628. The Morgan fingerprint density at radius 2 is 2.20 bits per heavy atom. The lowest BCUT2D eigenvalue weighted by Crippen LogP contribution is -2.48. The molecule has 0 aliphatic carbocycles. The van der Waals surface area contributed by atoms with Gasteiger partial charge in [0.25, 0.3) is 5.91 Å². The lowest BCUT2D eigenvalue weighted by atomic mass is 10.00. The van der Waals surface area contributed by atoms with Gasteiger partial charge in [0.1, 0.15) is 0 Å². The highest BCUT2D eigenvalue weighted by Gasteiger charge is 2.37. The van der Waals surface area contributed by atoms with E-state index in [9.17, 15) is 4.79 Å². The van der Waals surface area contributed by atoms with Crippen molar-refractivity contribution in [2.75, 3.05) is 13.1 Å². The van der Waals surface area contributed by atoms with E-state index in [4.69, 9.17) is 8.94 Å². The molecule has 0 unspecified atom stereocenters. The minimum atomic E-state index is -0.115. The van der Waals surface area contributed by atoms with Crippen LogP contribution in [0.4, 0.5) is 0 Å². The number of furan rings is 1. The predicted molar refractivity (Wildman–Crippen MR) is 73.4 cm³/mol. The van der Waals surface area contributed by atoms with Crippen molar-refractivity contribution in [2.24, 2.45) is 0 Å². The van der Waals surface area contributed by atoms with E-state index in [0.29, 0.717) is 35.2 Å².